The van der Waals surface area contributed by atoms with E-state index in [9.17, 15) is 26.4 Å². The lowest BCUT2D eigenvalue weighted by Gasteiger charge is -2.16. The molecule has 0 saturated carbocycles. The van der Waals surface area contributed by atoms with Crippen LogP contribution in [0.1, 0.15) is 26.9 Å². The van der Waals surface area contributed by atoms with Gasteiger partial charge in [0.1, 0.15) is 5.70 Å². The third-order valence-corrected chi connectivity index (χ3v) is 4.41. The highest BCUT2D eigenvalue weighted by Gasteiger charge is 2.44. The van der Waals surface area contributed by atoms with E-state index in [-0.39, 0.29) is 5.56 Å². The lowest BCUT2D eigenvalue weighted by molar-refractivity contribution is -0.139. The summed E-state index contributed by atoms with van der Waals surface area (Å²) in [6, 6.07) is 10.1. The zero-order valence-electron chi connectivity index (χ0n) is 16.9. The average Bonchev–Trinajstić information content (AvgIpc) is 2.91. The molecule has 0 fully saturated rings. The Labute approximate surface area is 162 Å². The number of carbonyl (C=O) groups is 1. The molecule has 0 bridgehead atoms. The summed E-state index contributed by atoms with van der Waals surface area (Å²) < 4.78 is 98.4. The second kappa shape index (κ2) is 7.19. The number of halogens is 3. The minimum atomic E-state index is -5.24. The molecule has 0 aliphatic carbocycles. The van der Waals surface area contributed by atoms with Gasteiger partial charge < -0.3 is 14.7 Å². The standard InChI is InChI=1S/C18H14F3NO5S/c19-18(20,21)13-9-5-4-8-12(13)15-14(23)16(17(22)26-15)27-28(24,25)10-11-6-2-1-3-7-11/h1-9,15H,10,22H2/t15-/m0/s1/i10D2,15D. The maximum Gasteiger partial charge on any atom is 0.416 e. The third-order valence-electron chi connectivity index (χ3n) is 3.54. The molecule has 1 heterocycles. The van der Waals surface area contributed by atoms with Crippen LogP contribution in [0.15, 0.2) is 66.2 Å². The van der Waals surface area contributed by atoms with Gasteiger partial charge in [-0.3, -0.25) is 4.79 Å². The molecule has 0 radical (unpaired) electrons. The first-order valence-corrected chi connectivity index (χ1v) is 9.02. The number of hydrogen-bond acceptors (Lipinski definition) is 6. The predicted molar refractivity (Wildman–Crippen MR) is 91.6 cm³/mol. The number of benzene rings is 2. The topological polar surface area (TPSA) is 95.7 Å². The maximum atomic E-state index is 13.3. The molecule has 28 heavy (non-hydrogen) atoms. The second-order valence-electron chi connectivity index (χ2n) is 5.50. The van der Waals surface area contributed by atoms with Crippen molar-refractivity contribution in [2.75, 3.05) is 0 Å². The normalized spacial score (nSPS) is 22.2. The van der Waals surface area contributed by atoms with Gasteiger partial charge in [-0.05, 0) is 11.6 Å². The lowest BCUT2D eigenvalue weighted by Crippen LogP contribution is -2.19. The highest BCUT2D eigenvalue weighted by Crippen LogP contribution is 2.40. The van der Waals surface area contributed by atoms with Crippen molar-refractivity contribution in [1.29, 1.82) is 0 Å². The van der Waals surface area contributed by atoms with Gasteiger partial charge >= 0.3 is 16.3 Å². The molecule has 148 valence electrons. The molecule has 1 aliphatic rings. The summed E-state index contributed by atoms with van der Waals surface area (Å²) in [6.07, 6.45) is -8.04. The monoisotopic (exact) mass is 416 g/mol. The van der Waals surface area contributed by atoms with Crippen LogP contribution in [0, 0.1) is 0 Å². The fourth-order valence-corrected chi connectivity index (χ4v) is 3.23. The maximum absolute atomic E-state index is 13.3. The van der Waals surface area contributed by atoms with E-state index in [0.29, 0.717) is 6.07 Å². The number of ether oxygens (including phenoxy) is 1. The molecule has 2 N–H and O–H groups in total. The van der Waals surface area contributed by atoms with Crippen molar-refractivity contribution < 1.29 is 39.4 Å². The zero-order chi connectivity index (χ0) is 23.2. The van der Waals surface area contributed by atoms with Crippen LogP contribution >= 0.6 is 0 Å². The van der Waals surface area contributed by atoms with Crippen LogP contribution in [0.25, 0.3) is 0 Å². The van der Waals surface area contributed by atoms with Crippen molar-refractivity contribution in [3.63, 3.8) is 0 Å². The van der Waals surface area contributed by atoms with Gasteiger partial charge in [-0.15, -0.1) is 0 Å². The Bertz CT molecular complexity index is 1170. The summed E-state index contributed by atoms with van der Waals surface area (Å²) in [5.41, 5.74) is -0.332. The fraction of sp³-hybridized carbons (Fsp3) is 0.167. The van der Waals surface area contributed by atoms with Gasteiger partial charge in [-0.2, -0.15) is 21.6 Å². The lowest BCUT2D eigenvalue weighted by atomic mass is 9.99. The van der Waals surface area contributed by atoms with E-state index >= 15 is 0 Å². The molecule has 1 atom stereocenters. The molecule has 0 unspecified atom stereocenters. The van der Waals surface area contributed by atoms with Gasteiger partial charge in [0.15, 0.2) is 6.08 Å². The summed E-state index contributed by atoms with van der Waals surface area (Å²) in [5, 5.41) is 0. The molecule has 2 aromatic rings. The number of carbonyl (C=O) groups excluding carboxylic acids is 1. The number of Topliss-reactive ketones (excluding diaryl/α,β-unsaturated/α-hetero) is 1. The third kappa shape index (κ3) is 4.11. The second-order valence-corrected chi connectivity index (χ2v) is 6.78. The number of alkyl halides is 3. The van der Waals surface area contributed by atoms with Crippen molar-refractivity contribution in [3.8, 4) is 0 Å². The summed E-state index contributed by atoms with van der Waals surface area (Å²) >= 11 is 0. The van der Waals surface area contributed by atoms with E-state index in [1.54, 1.807) is 0 Å². The average molecular weight is 416 g/mol. The van der Waals surface area contributed by atoms with Crippen molar-refractivity contribution in [3.05, 3.63) is 82.9 Å². The Morgan fingerprint density at radius 1 is 1.14 bits per heavy atom. The van der Waals surface area contributed by atoms with E-state index in [1.807, 2.05) is 0 Å². The molecule has 1 aliphatic heterocycles. The Hall–Kier alpha value is -3.01. The quantitative estimate of drug-likeness (QED) is 0.753. The number of ketones is 1. The Morgan fingerprint density at radius 2 is 1.75 bits per heavy atom. The van der Waals surface area contributed by atoms with Crippen LogP contribution < -0.4 is 5.73 Å². The molecular formula is C18H14F3NO5S. The Kier molecular flexibility index (Phi) is 4.11. The van der Waals surface area contributed by atoms with Crippen molar-refractivity contribution in [2.24, 2.45) is 5.73 Å². The summed E-state index contributed by atoms with van der Waals surface area (Å²) in [6.45, 7) is 0. The first kappa shape index (κ1) is 16.0. The minimum Gasteiger partial charge on any atom is -0.460 e. The van der Waals surface area contributed by atoms with Gasteiger partial charge in [0.2, 0.25) is 17.4 Å². The van der Waals surface area contributed by atoms with E-state index < -0.39 is 56.6 Å². The highest BCUT2D eigenvalue weighted by molar-refractivity contribution is 7.86. The summed E-state index contributed by atoms with van der Waals surface area (Å²) in [5.74, 6) is -3.98. The van der Waals surface area contributed by atoms with Crippen LogP contribution in [0.5, 0.6) is 0 Å². The smallest absolute Gasteiger partial charge is 0.416 e. The molecular weight excluding hydrogens is 399 g/mol. The molecule has 0 amide bonds. The molecule has 0 aromatic heterocycles. The first-order valence-electron chi connectivity index (χ1n) is 9.11. The van der Waals surface area contributed by atoms with Gasteiger partial charge in [-0.1, -0.05) is 48.5 Å². The van der Waals surface area contributed by atoms with Crippen molar-refractivity contribution >= 4 is 15.9 Å². The van der Waals surface area contributed by atoms with Gasteiger partial charge in [0.25, 0.3) is 0 Å². The van der Waals surface area contributed by atoms with Crippen LogP contribution in [0.3, 0.4) is 0 Å². The van der Waals surface area contributed by atoms with Crippen molar-refractivity contribution in [1.82, 2.24) is 0 Å². The number of hydrogen-bond donors (Lipinski definition) is 1. The SMILES string of the molecule is [2H]C([2H])(c1ccccc1)S(=O)(=O)OC1=C(N)O[C@@]([2H])(c2ccccc2C(F)(F)F)C1=O. The van der Waals surface area contributed by atoms with Gasteiger partial charge in [0.05, 0.1) is 9.68 Å². The minimum absolute atomic E-state index is 0.333. The Balaban J connectivity index is 2.00. The van der Waals surface area contributed by atoms with E-state index in [2.05, 4.69) is 4.18 Å². The van der Waals surface area contributed by atoms with Gasteiger partial charge in [-0.25, -0.2) is 0 Å². The largest absolute Gasteiger partial charge is 0.460 e. The molecule has 3 rings (SSSR count). The summed E-state index contributed by atoms with van der Waals surface area (Å²) in [4.78, 5) is 12.7. The molecule has 6 nitrogen and oxygen atoms in total. The zero-order valence-corrected chi connectivity index (χ0v) is 14.7. The van der Waals surface area contributed by atoms with Crippen molar-refractivity contribution in [2.45, 2.75) is 18.0 Å². The first-order chi connectivity index (χ1) is 14.2. The predicted octanol–water partition coefficient (Wildman–Crippen LogP) is 3.02. The number of rotatable bonds is 5. The van der Waals surface area contributed by atoms with E-state index in [0.717, 1.165) is 30.3 Å². The fourth-order valence-electron chi connectivity index (χ4n) is 2.38. The van der Waals surface area contributed by atoms with E-state index in [1.165, 1.54) is 18.2 Å². The number of nitrogens with two attached hydrogens (primary N) is 1. The molecule has 0 spiro atoms. The van der Waals surface area contributed by atoms with Crippen LogP contribution in [-0.2, 0) is 35.7 Å². The summed E-state index contributed by atoms with van der Waals surface area (Å²) in [7, 11) is -5.24. The molecule has 10 heteroatoms. The molecule has 2 aromatic carbocycles. The van der Waals surface area contributed by atoms with Gasteiger partial charge in [0, 0.05) is 5.56 Å². The van der Waals surface area contributed by atoms with E-state index in [4.69, 9.17) is 14.6 Å². The van der Waals surface area contributed by atoms with Crippen LogP contribution in [-0.4, -0.2) is 14.2 Å². The van der Waals surface area contributed by atoms with Crippen LogP contribution in [0.4, 0.5) is 13.2 Å². The molecule has 0 saturated heterocycles. The Morgan fingerprint density at radius 3 is 2.39 bits per heavy atom. The highest BCUT2D eigenvalue weighted by atomic mass is 32.2. The van der Waals surface area contributed by atoms with Crippen LogP contribution in [0.2, 0.25) is 0 Å².